The topological polar surface area (TPSA) is 32.3 Å². The van der Waals surface area contributed by atoms with E-state index in [9.17, 15) is 4.79 Å². The number of rotatable bonds is 3. The van der Waals surface area contributed by atoms with Crippen LogP contribution in [0.2, 0.25) is 0 Å². The van der Waals surface area contributed by atoms with E-state index in [0.29, 0.717) is 30.0 Å². The molecule has 2 bridgehead atoms. The van der Waals surface area contributed by atoms with Gasteiger partial charge in [0, 0.05) is 30.6 Å². The summed E-state index contributed by atoms with van der Waals surface area (Å²) in [5.41, 5.74) is 0. The summed E-state index contributed by atoms with van der Waals surface area (Å²) in [5, 5.41) is 3.69. The number of carbonyl (C=O) groups is 1. The van der Waals surface area contributed by atoms with Crippen LogP contribution in [0.25, 0.3) is 0 Å². The van der Waals surface area contributed by atoms with E-state index in [-0.39, 0.29) is 0 Å². The van der Waals surface area contributed by atoms with Gasteiger partial charge in [-0.3, -0.25) is 4.79 Å². The molecule has 20 heavy (non-hydrogen) atoms. The van der Waals surface area contributed by atoms with Crippen molar-refractivity contribution in [1.29, 1.82) is 0 Å². The van der Waals surface area contributed by atoms with Crippen molar-refractivity contribution >= 4 is 5.91 Å². The van der Waals surface area contributed by atoms with E-state index in [1.807, 2.05) is 0 Å². The van der Waals surface area contributed by atoms with Crippen LogP contribution in [0, 0.1) is 5.92 Å². The third-order valence-electron chi connectivity index (χ3n) is 5.72. The van der Waals surface area contributed by atoms with Gasteiger partial charge < -0.3 is 10.2 Å². The van der Waals surface area contributed by atoms with Crippen molar-refractivity contribution in [3.05, 3.63) is 0 Å². The molecule has 2 aliphatic heterocycles. The average molecular weight is 278 g/mol. The molecule has 1 N–H and O–H groups in total. The fourth-order valence-electron chi connectivity index (χ4n) is 4.64. The molecule has 2 saturated heterocycles. The minimum Gasteiger partial charge on any atom is -0.340 e. The number of piperidine rings is 1. The monoisotopic (exact) mass is 278 g/mol. The van der Waals surface area contributed by atoms with E-state index in [1.54, 1.807) is 0 Å². The maximum absolute atomic E-state index is 12.9. The number of nitrogens with zero attached hydrogens (tertiary/aromatic N) is 1. The quantitative estimate of drug-likeness (QED) is 0.805. The molecule has 0 aromatic rings. The minimum absolute atomic E-state index is 0.324. The Bertz CT molecular complexity index is 324. The smallest absolute Gasteiger partial charge is 0.225 e. The van der Waals surface area contributed by atoms with E-state index >= 15 is 0 Å². The largest absolute Gasteiger partial charge is 0.340 e. The van der Waals surface area contributed by atoms with E-state index in [1.165, 1.54) is 51.4 Å². The highest BCUT2D eigenvalue weighted by Crippen LogP contribution is 2.32. The molecule has 3 fully saturated rings. The van der Waals surface area contributed by atoms with Crippen molar-refractivity contribution in [2.45, 2.75) is 89.3 Å². The van der Waals surface area contributed by atoms with Crippen LogP contribution < -0.4 is 5.32 Å². The first-order valence-electron chi connectivity index (χ1n) is 8.84. The first-order valence-corrected chi connectivity index (χ1v) is 8.84. The number of carbonyl (C=O) groups excluding carboxylic acids is 1. The van der Waals surface area contributed by atoms with Gasteiger partial charge in [0.15, 0.2) is 0 Å². The lowest BCUT2D eigenvalue weighted by Crippen LogP contribution is -2.51. The summed E-state index contributed by atoms with van der Waals surface area (Å²) in [7, 11) is 0. The van der Waals surface area contributed by atoms with Gasteiger partial charge in [0.05, 0.1) is 0 Å². The van der Waals surface area contributed by atoms with Crippen molar-refractivity contribution < 1.29 is 4.79 Å². The van der Waals surface area contributed by atoms with E-state index in [0.717, 1.165) is 19.4 Å². The Morgan fingerprint density at radius 2 is 1.60 bits per heavy atom. The van der Waals surface area contributed by atoms with Gasteiger partial charge in [-0.2, -0.15) is 0 Å². The molecule has 1 aliphatic carbocycles. The molecule has 1 saturated carbocycles. The first kappa shape index (κ1) is 14.4. The predicted octanol–water partition coefficient (Wildman–Crippen LogP) is 3.09. The Kier molecular flexibility index (Phi) is 4.65. The summed E-state index contributed by atoms with van der Waals surface area (Å²) >= 11 is 0. The molecule has 0 radical (unpaired) electrons. The van der Waals surface area contributed by atoms with Crippen LogP contribution in [0.4, 0.5) is 0 Å². The summed E-state index contributed by atoms with van der Waals surface area (Å²) in [5.74, 6) is 0.797. The number of hydrogen-bond acceptors (Lipinski definition) is 2. The number of fused-ring (bicyclic) bond motifs is 2. The Morgan fingerprint density at radius 3 is 2.15 bits per heavy atom. The van der Waals surface area contributed by atoms with Crippen molar-refractivity contribution in [2.75, 3.05) is 6.54 Å². The first-order chi connectivity index (χ1) is 9.78. The lowest BCUT2D eigenvalue weighted by molar-refractivity contribution is -0.139. The lowest BCUT2D eigenvalue weighted by atomic mass is 9.94. The molecule has 0 aromatic heterocycles. The van der Waals surface area contributed by atoms with Gasteiger partial charge in [0.25, 0.3) is 0 Å². The minimum atomic E-state index is 0.324. The molecule has 3 nitrogen and oxygen atoms in total. The van der Waals surface area contributed by atoms with Crippen molar-refractivity contribution in [2.24, 2.45) is 5.92 Å². The van der Waals surface area contributed by atoms with Crippen LogP contribution in [0.15, 0.2) is 0 Å². The van der Waals surface area contributed by atoms with Gasteiger partial charge in [0.2, 0.25) is 5.91 Å². The van der Waals surface area contributed by atoms with Crippen LogP contribution in [0.1, 0.15) is 71.1 Å². The molecule has 3 rings (SSSR count). The molecular weight excluding hydrogens is 248 g/mol. The third kappa shape index (κ3) is 3.03. The molecule has 3 aliphatic rings. The standard InChI is InChI=1S/C17H30N2O/c1-2-19(16-11-14-9-10-15(12-16)18-14)17(20)13-7-5-3-4-6-8-13/h13-16,18H,2-12H2,1H3. The molecule has 2 unspecified atom stereocenters. The Hall–Kier alpha value is -0.570. The highest BCUT2D eigenvalue weighted by atomic mass is 16.2. The van der Waals surface area contributed by atoms with Gasteiger partial charge in [-0.1, -0.05) is 25.7 Å². The second-order valence-corrected chi connectivity index (χ2v) is 7.08. The van der Waals surface area contributed by atoms with Crippen LogP contribution in [0.3, 0.4) is 0 Å². The Balaban J connectivity index is 1.64. The lowest BCUT2D eigenvalue weighted by Gasteiger charge is -2.39. The van der Waals surface area contributed by atoms with Crippen LogP contribution in [-0.2, 0) is 4.79 Å². The summed E-state index contributed by atoms with van der Waals surface area (Å²) in [6, 6.07) is 1.86. The van der Waals surface area contributed by atoms with Crippen molar-refractivity contribution in [3.8, 4) is 0 Å². The predicted molar refractivity (Wildman–Crippen MR) is 81.5 cm³/mol. The average Bonchev–Trinajstić information content (AvgIpc) is 2.69. The Morgan fingerprint density at radius 1 is 1.00 bits per heavy atom. The van der Waals surface area contributed by atoms with Crippen LogP contribution in [0.5, 0.6) is 0 Å². The molecule has 3 heteroatoms. The van der Waals surface area contributed by atoms with Crippen LogP contribution >= 0.6 is 0 Å². The van der Waals surface area contributed by atoms with E-state index < -0.39 is 0 Å². The normalized spacial score (nSPS) is 34.8. The second-order valence-electron chi connectivity index (χ2n) is 7.08. The van der Waals surface area contributed by atoms with Gasteiger partial charge in [-0.25, -0.2) is 0 Å². The summed E-state index contributed by atoms with van der Waals surface area (Å²) in [6.45, 7) is 3.07. The molecule has 114 valence electrons. The van der Waals surface area contributed by atoms with Crippen molar-refractivity contribution in [3.63, 3.8) is 0 Å². The van der Waals surface area contributed by atoms with E-state index in [4.69, 9.17) is 0 Å². The molecular formula is C17H30N2O. The van der Waals surface area contributed by atoms with E-state index in [2.05, 4.69) is 17.1 Å². The zero-order chi connectivity index (χ0) is 13.9. The zero-order valence-electron chi connectivity index (χ0n) is 12.9. The summed E-state index contributed by atoms with van der Waals surface area (Å²) in [6.07, 6.45) is 12.4. The van der Waals surface area contributed by atoms with Gasteiger partial charge in [-0.05, 0) is 45.4 Å². The molecule has 0 spiro atoms. The highest BCUT2D eigenvalue weighted by molar-refractivity contribution is 5.79. The third-order valence-corrected chi connectivity index (χ3v) is 5.72. The SMILES string of the molecule is CCN(C(=O)C1CCCCCC1)C1CC2CCC(C1)N2. The van der Waals surface area contributed by atoms with Gasteiger partial charge >= 0.3 is 0 Å². The molecule has 2 atom stereocenters. The molecule has 0 aromatic carbocycles. The summed E-state index contributed by atoms with van der Waals surface area (Å²) in [4.78, 5) is 15.2. The van der Waals surface area contributed by atoms with Gasteiger partial charge in [0.1, 0.15) is 0 Å². The fourth-order valence-corrected chi connectivity index (χ4v) is 4.64. The van der Waals surface area contributed by atoms with Gasteiger partial charge in [-0.15, -0.1) is 0 Å². The molecule has 2 heterocycles. The molecule has 1 amide bonds. The fraction of sp³-hybridized carbons (Fsp3) is 0.941. The maximum atomic E-state index is 12.9. The van der Waals surface area contributed by atoms with Crippen LogP contribution in [-0.4, -0.2) is 35.5 Å². The maximum Gasteiger partial charge on any atom is 0.225 e. The zero-order valence-corrected chi connectivity index (χ0v) is 12.9. The summed E-state index contributed by atoms with van der Waals surface area (Å²) < 4.78 is 0. The van der Waals surface area contributed by atoms with Crippen molar-refractivity contribution in [1.82, 2.24) is 10.2 Å². The second kappa shape index (κ2) is 6.46. The number of nitrogens with one attached hydrogen (secondary N) is 1. The number of amides is 1. The Labute approximate surface area is 123 Å². The number of hydrogen-bond donors (Lipinski definition) is 1. The highest BCUT2D eigenvalue weighted by Gasteiger charge is 2.38.